The molecule has 0 bridgehead atoms. The van der Waals surface area contributed by atoms with Gasteiger partial charge in [-0.2, -0.15) is 0 Å². The Morgan fingerprint density at radius 1 is 1.29 bits per heavy atom. The van der Waals surface area contributed by atoms with Gasteiger partial charge in [-0.05, 0) is 32.6 Å². The van der Waals surface area contributed by atoms with Crippen molar-refractivity contribution >= 4 is 5.82 Å². The predicted molar refractivity (Wildman–Crippen MR) is 68.2 cm³/mol. The minimum Gasteiger partial charge on any atom is -0.478 e. The lowest BCUT2D eigenvalue weighted by atomic mass is 9.95. The summed E-state index contributed by atoms with van der Waals surface area (Å²) in [7, 11) is 1.61. The Hall–Kier alpha value is -1.58. The second-order valence-corrected chi connectivity index (χ2v) is 4.31. The van der Waals surface area contributed by atoms with Crippen LogP contribution in [0.25, 0.3) is 0 Å². The Morgan fingerprint density at radius 2 is 2.12 bits per heavy atom. The fraction of sp³-hybridized carbons (Fsp3) is 0.538. The molecule has 1 aliphatic rings. The molecule has 4 nitrogen and oxygen atoms in total. The highest BCUT2D eigenvalue weighted by Gasteiger charge is 2.14. The molecule has 0 fully saturated rings. The molecule has 1 aliphatic carbocycles. The first-order valence-electron chi connectivity index (χ1n) is 6.11. The van der Waals surface area contributed by atoms with Gasteiger partial charge in [-0.15, -0.1) is 0 Å². The van der Waals surface area contributed by atoms with Crippen molar-refractivity contribution in [2.45, 2.75) is 38.6 Å². The van der Waals surface area contributed by atoms with Crippen molar-refractivity contribution in [2.75, 3.05) is 12.4 Å². The van der Waals surface area contributed by atoms with Crippen molar-refractivity contribution in [1.29, 1.82) is 0 Å². The first-order chi connectivity index (χ1) is 8.31. The third kappa shape index (κ3) is 2.96. The third-order valence-electron chi connectivity index (χ3n) is 3.09. The van der Waals surface area contributed by atoms with E-state index in [2.05, 4.69) is 28.3 Å². The van der Waals surface area contributed by atoms with Gasteiger partial charge >= 0.3 is 0 Å². The molecule has 1 aromatic heterocycles. The van der Waals surface area contributed by atoms with Crippen LogP contribution in [0, 0.1) is 0 Å². The third-order valence-corrected chi connectivity index (χ3v) is 3.09. The Balaban J connectivity index is 2.06. The summed E-state index contributed by atoms with van der Waals surface area (Å²) in [4.78, 5) is 8.39. The minimum atomic E-state index is 0.292. The number of ether oxygens (including phenoxy) is 1. The van der Waals surface area contributed by atoms with E-state index in [4.69, 9.17) is 4.74 Å². The summed E-state index contributed by atoms with van der Waals surface area (Å²) < 4.78 is 5.18. The van der Waals surface area contributed by atoms with E-state index in [9.17, 15) is 0 Å². The Bertz CT molecular complexity index is 403. The lowest BCUT2D eigenvalue weighted by Crippen LogP contribution is -2.20. The predicted octanol–water partition coefficient (Wildman–Crippen LogP) is 2.79. The summed E-state index contributed by atoms with van der Waals surface area (Å²) in [6.45, 7) is 2.16. The highest BCUT2D eigenvalue weighted by molar-refractivity contribution is 5.47. The zero-order valence-electron chi connectivity index (χ0n) is 10.4. The Kier molecular flexibility index (Phi) is 3.96. The van der Waals surface area contributed by atoms with E-state index in [1.807, 2.05) is 0 Å². The SMILES string of the molecule is COc1nccnc1NC(C)C1=CCCCC1. The van der Waals surface area contributed by atoms with Crippen LogP contribution in [0.15, 0.2) is 24.0 Å². The quantitative estimate of drug-likeness (QED) is 0.812. The molecule has 0 spiro atoms. The molecule has 0 amide bonds. The molecule has 2 rings (SSSR count). The summed E-state index contributed by atoms with van der Waals surface area (Å²) >= 11 is 0. The van der Waals surface area contributed by atoms with Gasteiger partial charge in [-0.1, -0.05) is 11.6 Å². The molecule has 4 heteroatoms. The summed E-state index contributed by atoms with van der Waals surface area (Å²) in [5.41, 5.74) is 1.46. The molecule has 0 saturated carbocycles. The fourth-order valence-electron chi connectivity index (χ4n) is 2.13. The average molecular weight is 233 g/mol. The van der Waals surface area contributed by atoms with Gasteiger partial charge in [-0.3, -0.25) is 0 Å². The molecular formula is C13H19N3O. The number of hydrogen-bond donors (Lipinski definition) is 1. The van der Waals surface area contributed by atoms with E-state index in [0.717, 1.165) is 0 Å². The van der Waals surface area contributed by atoms with Gasteiger partial charge in [0.25, 0.3) is 5.88 Å². The number of hydrogen-bond acceptors (Lipinski definition) is 4. The molecule has 17 heavy (non-hydrogen) atoms. The van der Waals surface area contributed by atoms with Crippen LogP contribution in [-0.2, 0) is 0 Å². The molecule has 1 N–H and O–H groups in total. The zero-order chi connectivity index (χ0) is 12.1. The van der Waals surface area contributed by atoms with Gasteiger partial charge in [0.15, 0.2) is 5.82 Å². The molecule has 92 valence electrons. The van der Waals surface area contributed by atoms with Gasteiger partial charge in [0.1, 0.15) is 0 Å². The number of allylic oxidation sites excluding steroid dienone is 1. The van der Waals surface area contributed by atoms with Gasteiger partial charge in [0, 0.05) is 18.4 Å². The van der Waals surface area contributed by atoms with Crippen LogP contribution in [0.1, 0.15) is 32.6 Å². The van der Waals surface area contributed by atoms with E-state index in [1.165, 1.54) is 31.3 Å². The van der Waals surface area contributed by atoms with Crippen LogP contribution in [0.3, 0.4) is 0 Å². The molecule has 1 heterocycles. The van der Waals surface area contributed by atoms with Crippen molar-refractivity contribution in [1.82, 2.24) is 9.97 Å². The number of aromatic nitrogens is 2. The van der Waals surface area contributed by atoms with Crippen LogP contribution >= 0.6 is 0 Å². The molecule has 1 aromatic rings. The van der Waals surface area contributed by atoms with Crippen molar-refractivity contribution in [3.63, 3.8) is 0 Å². The highest BCUT2D eigenvalue weighted by Crippen LogP contribution is 2.24. The maximum atomic E-state index is 5.18. The normalized spacial score (nSPS) is 17.2. The van der Waals surface area contributed by atoms with Crippen molar-refractivity contribution in [2.24, 2.45) is 0 Å². The van der Waals surface area contributed by atoms with Crippen LogP contribution in [0.5, 0.6) is 5.88 Å². The number of nitrogens with zero attached hydrogens (tertiary/aromatic N) is 2. The highest BCUT2D eigenvalue weighted by atomic mass is 16.5. The van der Waals surface area contributed by atoms with Crippen molar-refractivity contribution in [3.8, 4) is 5.88 Å². The molecule has 0 aliphatic heterocycles. The summed E-state index contributed by atoms with van der Waals surface area (Å²) in [6, 6.07) is 0.292. The smallest absolute Gasteiger partial charge is 0.257 e. The second kappa shape index (κ2) is 5.66. The number of rotatable bonds is 4. The molecule has 0 saturated heterocycles. The molecule has 0 aromatic carbocycles. The van der Waals surface area contributed by atoms with E-state index in [1.54, 1.807) is 19.5 Å². The number of anilines is 1. The Morgan fingerprint density at radius 3 is 2.82 bits per heavy atom. The largest absolute Gasteiger partial charge is 0.478 e. The second-order valence-electron chi connectivity index (χ2n) is 4.31. The van der Waals surface area contributed by atoms with E-state index < -0.39 is 0 Å². The summed E-state index contributed by atoms with van der Waals surface area (Å²) in [6.07, 6.45) is 10.6. The summed E-state index contributed by atoms with van der Waals surface area (Å²) in [5, 5.41) is 3.36. The average Bonchev–Trinajstić information content (AvgIpc) is 2.40. The van der Waals surface area contributed by atoms with Crippen LogP contribution < -0.4 is 10.1 Å². The molecule has 1 unspecified atom stereocenters. The molecular weight excluding hydrogens is 214 g/mol. The van der Waals surface area contributed by atoms with Gasteiger partial charge in [-0.25, -0.2) is 9.97 Å². The van der Waals surface area contributed by atoms with E-state index in [0.29, 0.717) is 17.7 Å². The van der Waals surface area contributed by atoms with Gasteiger partial charge < -0.3 is 10.1 Å². The lowest BCUT2D eigenvalue weighted by molar-refractivity contribution is 0.397. The monoisotopic (exact) mass is 233 g/mol. The van der Waals surface area contributed by atoms with Crippen molar-refractivity contribution < 1.29 is 4.74 Å². The van der Waals surface area contributed by atoms with Crippen LogP contribution in [-0.4, -0.2) is 23.1 Å². The molecule has 1 atom stereocenters. The van der Waals surface area contributed by atoms with Crippen LogP contribution in [0.4, 0.5) is 5.82 Å². The van der Waals surface area contributed by atoms with Crippen molar-refractivity contribution in [3.05, 3.63) is 24.0 Å². The van der Waals surface area contributed by atoms with E-state index in [-0.39, 0.29) is 0 Å². The molecule has 0 radical (unpaired) electrons. The minimum absolute atomic E-state index is 0.292. The van der Waals surface area contributed by atoms with Crippen LogP contribution in [0.2, 0.25) is 0 Å². The van der Waals surface area contributed by atoms with E-state index >= 15 is 0 Å². The Labute approximate surface area is 102 Å². The lowest BCUT2D eigenvalue weighted by Gasteiger charge is -2.21. The van der Waals surface area contributed by atoms with Gasteiger partial charge in [0.2, 0.25) is 0 Å². The zero-order valence-corrected chi connectivity index (χ0v) is 10.4. The first-order valence-corrected chi connectivity index (χ1v) is 6.11. The number of methoxy groups -OCH3 is 1. The standard InChI is InChI=1S/C13H19N3O/c1-10(11-6-4-3-5-7-11)16-12-13(17-2)15-9-8-14-12/h6,8-10H,3-5,7H2,1-2H3,(H,14,16). The topological polar surface area (TPSA) is 47.0 Å². The maximum Gasteiger partial charge on any atom is 0.257 e. The maximum absolute atomic E-state index is 5.18. The fourth-order valence-corrected chi connectivity index (χ4v) is 2.13. The number of nitrogens with one attached hydrogen (secondary N) is 1. The first kappa shape index (κ1) is 11.9. The summed E-state index contributed by atoms with van der Waals surface area (Å²) in [5.74, 6) is 1.27. The van der Waals surface area contributed by atoms with Gasteiger partial charge in [0.05, 0.1) is 7.11 Å².